The maximum absolute atomic E-state index is 12.7. The summed E-state index contributed by atoms with van der Waals surface area (Å²) in [4.78, 5) is 11.3. The molecule has 23 heavy (non-hydrogen) atoms. The Bertz CT molecular complexity index is 677. The van der Waals surface area contributed by atoms with E-state index in [0.717, 1.165) is 0 Å². The molecule has 0 radical (unpaired) electrons. The second-order valence-corrected chi connectivity index (χ2v) is 7.62. The minimum atomic E-state index is -3.61. The molecule has 1 heterocycles. The van der Waals surface area contributed by atoms with Gasteiger partial charge < -0.3 is 18.9 Å². The molecule has 2 rings (SSSR count). The summed E-state index contributed by atoms with van der Waals surface area (Å²) >= 11 is 0. The monoisotopic (exact) mass is 344 g/mol. The number of ether oxygens (including phenoxy) is 4. The van der Waals surface area contributed by atoms with Crippen molar-refractivity contribution in [2.45, 2.75) is 11.2 Å². The molecule has 1 fully saturated rings. The van der Waals surface area contributed by atoms with Gasteiger partial charge in [-0.3, -0.25) is 4.79 Å². The summed E-state index contributed by atoms with van der Waals surface area (Å²) in [5, 5.41) is 0. The van der Waals surface area contributed by atoms with Crippen LogP contribution in [0.2, 0.25) is 0 Å². The van der Waals surface area contributed by atoms with Crippen LogP contribution in [-0.2, 0) is 28.9 Å². The van der Waals surface area contributed by atoms with Gasteiger partial charge >= 0.3 is 5.97 Å². The Labute approximate surface area is 135 Å². The molecule has 8 heteroatoms. The second-order valence-electron chi connectivity index (χ2n) is 5.20. The maximum Gasteiger partial charge on any atom is 0.306 e. The number of hydrogen-bond acceptors (Lipinski definition) is 7. The summed E-state index contributed by atoms with van der Waals surface area (Å²) in [6, 6.07) is 4.97. The lowest BCUT2D eigenvalue weighted by Crippen LogP contribution is -2.53. The first-order chi connectivity index (χ1) is 10.9. The summed E-state index contributed by atoms with van der Waals surface area (Å²) in [5.74, 6) is 0.103. The molecule has 0 aromatic heterocycles. The van der Waals surface area contributed by atoms with E-state index in [1.807, 2.05) is 0 Å². The predicted octanol–water partition coefficient (Wildman–Crippen LogP) is 0.907. The molecule has 0 bridgehead atoms. The number of rotatable bonds is 7. The lowest BCUT2D eigenvalue weighted by molar-refractivity contribution is -0.140. The molecule has 0 amide bonds. The van der Waals surface area contributed by atoms with E-state index in [1.54, 1.807) is 18.2 Å². The SMILES string of the molecule is COC(=O)CCS(=O)(=O)C1(c2ccc(OC)c(OC)c2)COC1. The average molecular weight is 344 g/mol. The molecule has 1 aliphatic rings. The van der Waals surface area contributed by atoms with Crippen molar-refractivity contribution in [1.82, 2.24) is 0 Å². The number of carbonyl (C=O) groups excluding carboxylic acids is 1. The van der Waals surface area contributed by atoms with Crippen LogP contribution in [0, 0.1) is 0 Å². The normalized spacial score (nSPS) is 16.3. The van der Waals surface area contributed by atoms with Crippen LogP contribution in [0.5, 0.6) is 11.5 Å². The van der Waals surface area contributed by atoms with Crippen LogP contribution >= 0.6 is 0 Å². The van der Waals surface area contributed by atoms with E-state index >= 15 is 0 Å². The first-order valence-corrected chi connectivity index (χ1v) is 8.65. The minimum Gasteiger partial charge on any atom is -0.493 e. The summed E-state index contributed by atoms with van der Waals surface area (Å²) in [6.07, 6.45) is -0.187. The van der Waals surface area contributed by atoms with Gasteiger partial charge in [0.15, 0.2) is 21.3 Å². The average Bonchev–Trinajstić information content (AvgIpc) is 2.51. The molecular weight excluding hydrogens is 324 g/mol. The number of sulfone groups is 1. The van der Waals surface area contributed by atoms with Crippen molar-refractivity contribution in [3.05, 3.63) is 23.8 Å². The summed E-state index contributed by atoms with van der Waals surface area (Å²) in [5.41, 5.74) is 0.561. The third kappa shape index (κ3) is 3.13. The lowest BCUT2D eigenvalue weighted by Gasteiger charge is -2.41. The topological polar surface area (TPSA) is 88.1 Å². The molecule has 0 atom stereocenters. The quantitative estimate of drug-likeness (QED) is 0.679. The maximum atomic E-state index is 12.7. The van der Waals surface area contributed by atoms with Gasteiger partial charge in [-0.05, 0) is 17.7 Å². The number of carbonyl (C=O) groups is 1. The highest BCUT2D eigenvalue weighted by Gasteiger charge is 2.52. The summed E-state index contributed by atoms with van der Waals surface area (Å²) in [6.45, 7) is 0.0952. The third-order valence-electron chi connectivity index (χ3n) is 3.98. The van der Waals surface area contributed by atoms with Crippen LogP contribution in [0.4, 0.5) is 0 Å². The molecule has 7 nitrogen and oxygen atoms in total. The largest absolute Gasteiger partial charge is 0.493 e. The fourth-order valence-corrected chi connectivity index (χ4v) is 4.29. The van der Waals surface area contributed by atoms with E-state index in [2.05, 4.69) is 4.74 Å². The molecule has 1 aromatic carbocycles. The molecule has 1 aromatic rings. The number of benzene rings is 1. The van der Waals surface area contributed by atoms with Crippen LogP contribution in [0.1, 0.15) is 12.0 Å². The van der Waals surface area contributed by atoms with Gasteiger partial charge in [0.05, 0.1) is 46.7 Å². The number of hydrogen-bond donors (Lipinski definition) is 0. The summed E-state index contributed by atoms with van der Waals surface area (Å²) in [7, 11) is 0.608. The van der Waals surface area contributed by atoms with E-state index in [4.69, 9.17) is 14.2 Å². The predicted molar refractivity (Wildman–Crippen MR) is 82.5 cm³/mol. The van der Waals surface area contributed by atoms with Crippen molar-refractivity contribution < 1.29 is 32.2 Å². The second kappa shape index (κ2) is 6.76. The Morgan fingerprint density at radius 1 is 1.17 bits per heavy atom. The highest BCUT2D eigenvalue weighted by molar-refractivity contribution is 7.92. The Hall–Kier alpha value is -1.80. The Morgan fingerprint density at radius 3 is 2.30 bits per heavy atom. The lowest BCUT2D eigenvalue weighted by atomic mass is 9.96. The molecule has 1 saturated heterocycles. The zero-order chi connectivity index (χ0) is 17.1. The van der Waals surface area contributed by atoms with Gasteiger partial charge in [0.2, 0.25) is 0 Å². The smallest absolute Gasteiger partial charge is 0.306 e. The first kappa shape index (κ1) is 17.6. The van der Waals surface area contributed by atoms with Crippen molar-refractivity contribution in [2.24, 2.45) is 0 Å². The van der Waals surface area contributed by atoms with E-state index in [9.17, 15) is 13.2 Å². The molecular formula is C15H20O7S. The van der Waals surface area contributed by atoms with Crippen LogP contribution in [0.25, 0.3) is 0 Å². The molecule has 0 unspecified atom stereocenters. The molecule has 0 saturated carbocycles. The van der Waals surface area contributed by atoms with E-state index in [0.29, 0.717) is 17.1 Å². The standard InChI is InChI=1S/C15H20O7S/c1-19-12-5-4-11(8-13(12)20-2)15(9-22-10-15)23(17,18)7-6-14(16)21-3/h4-5,8H,6-7,9-10H2,1-3H3. The number of esters is 1. The highest BCUT2D eigenvalue weighted by Crippen LogP contribution is 2.42. The molecule has 1 aliphatic heterocycles. The van der Waals surface area contributed by atoms with Gasteiger partial charge in [-0.1, -0.05) is 6.07 Å². The van der Waals surface area contributed by atoms with Crippen LogP contribution in [0.3, 0.4) is 0 Å². The zero-order valence-corrected chi connectivity index (χ0v) is 14.1. The minimum absolute atomic E-state index is 0.0476. The molecule has 0 N–H and O–H groups in total. The number of methoxy groups -OCH3 is 3. The van der Waals surface area contributed by atoms with Crippen molar-refractivity contribution in [1.29, 1.82) is 0 Å². The van der Waals surface area contributed by atoms with Crippen LogP contribution in [-0.4, -0.2) is 54.7 Å². The van der Waals surface area contributed by atoms with Crippen molar-refractivity contribution in [3.8, 4) is 11.5 Å². The molecule has 0 spiro atoms. The van der Waals surface area contributed by atoms with Gasteiger partial charge in [0.25, 0.3) is 0 Å². The Balaban J connectivity index is 2.35. The molecule has 128 valence electrons. The van der Waals surface area contributed by atoms with Gasteiger partial charge in [0, 0.05) is 0 Å². The highest BCUT2D eigenvalue weighted by atomic mass is 32.2. The Kier molecular flexibility index (Phi) is 5.16. The van der Waals surface area contributed by atoms with Gasteiger partial charge in [-0.25, -0.2) is 8.42 Å². The van der Waals surface area contributed by atoms with E-state index in [1.165, 1.54) is 21.3 Å². The van der Waals surface area contributed by atoms with Crippen molar-refractivity contribution in [3.63, 3.8) is 0 Å². The third-order valence-corrected chi connectivity index (χ3v) is 6.38. The Morgan fingerprint density at radius 2 is 1.83 bits per heavy atom. The molecule has 0 aliphatic carbocycles. The van der Waals surface area contributed by atoms with Crippen molar-refractivity contribution >= 4 is 15.8 Å². The fraction of sp³-hybridized carbons (Fsp3) is 0.533. The van der Waals surface area contributed by atoms with E-state index < -0.39 is 20.6 Å². The fourth-order valence-electron chi connectivity index (χ4n) is 2.45. The van der Waals surface area contributed by atoms with E-state index in [-0.39, 0.29) is 25.4 Å². The van der Waals surface area contributed by atoms with Crippen LogP contribution in [0.15, 0.2) is 18.2 Å². The van der Waals surface area contributed by atoms with Crippen molar-refractivity contribution in [2.75, 3.05) is 40.3 Å². The van der Waals surface area contributed by atoms with Gasteiger partial charge in [-0.15, -0.1) is 0 Å². The summed E-state index contributed by atoms with van der Waals surface area (Å²) < 4.78 is 44.4. The first-order valence-electron chi connectivity index (χ1n) is 6.99. The zero-order valence-electron chi connectivity index (χ0n) is 13.3. The van der Waals surface area contributed by atoms with Crippen LogP contribution < -0.4 is 9.47 Å². The van der Waals surface area contributed by atoms with Gasteiger partial charge in [0.1, 0.15) is 4.75 Å². The van der Waals surface area contributed by atoms with Gasteiger partial charge in [-0.2, -0.15) is 0 Å².